The van der Waals surface area contributed by atoms with Gasteiger partial charge in [0.1, 0.15) is 11.5 Å². The van der Waals surface area contributed by atoms with Crippen LogP contribution in [0.25, 0.3) is 0 Å². The Hall–Kier alpha value is -1.16. The first kappa shape index (κ1) is 18.2. The Morgan fingerprint density at radius 1 is 1.35 bits per heavy atom. The van der Waals surface area contributed by atoms with Crippen LogP contribution in [0.5, 0.6) is 0 Å². The summed E-state index contributed by atoms with van der Waals surface area (Å²) in [6.45, 7) is 2.81. The Balaban J connectivity index is 1.28. The highest BCUT2D eigenvalue weighted by Gasteiger charge is 2.53. The second-order valence-corrected chi connectivity index (χ2v) is 10.6. The van der Waals surface area contributed by atoms with Gasteiger partial charge in [0, 0.05) is 49.1 Å². The molecule has 4 rings (SSSR count). The van der Waals surface area contributed by atoms with Crippen LogP contribution < -0.4 is 0 Å². The SMILES string of the molecule is O=C(CO[C@@H]1CSC2(C1)CN(S(=O)(=O)c1cccnc1)C2)N1CCCC1. The van der Waals surface area contributed by atoms with Crippen LogP contribution in [-0.4, -0.2) is 77.9 Å². The van der Waals surface area contributed by atoms with Gasteiger partial charge < -0.3 is 9.64 Å². The van der Waals surface area contributed by atoms with Gasteiger partial charge in [-0.05, 0) is 31.4 Å². The Bertz CT molecular complexity index is 759. The summed E-state index contributed by atoms with van der Waals surface area (Å²) in [5, 5.41) is 0. The molecule has 1 aromatic heterocycles. The van der Waals surface area contributed by atoms with Gasteiger partial charge in [0.15, 0.2) is 0 Å². The topological polar surface area (TPSA) is 79.8 Å². The second kappa shape index (κ2) is 7.10. The van der Waals surface area contributed by atoms with Gasteiger partial charge in [-0.15, -0.1) is 11.8 Å². The van der Waals surface area contributed by atoms with E-state index in [0.29, 0.717) is 13.1 Å². The number of hydrogen-bond donors (Lipinski definition) is 0. The molecule has 4 heterocycles. The van der Waals surface area contributed by atoms with Crippen LogP contribution in [-0.2, 0) is 19.6 Å². The maximum absolute atomic E-state index is 12.6. The average molecular weight is 398 g/mol. The van der Waals surface area contributed by atoms with Gasteiger partial charge >= 0.3 is 0 Å². The molecule has 0 bridgehead atoms. The third-order valence-electron chi connectivity index (χ3n) is 5.28. The van der Waals surface area contributed by atoms with Gasteiger partial charge in [-0.3, -0.25) is 9.78 Å². The lowest BCUT2D eigenvalue weighted by atomic mass is 9.95. The van der Waals surface area contributed by atoms with Gasteiger partial charge in [0.2, 0.25) is 15.9 Å². The van der Waals surface area contributed by atoms with Crippen molar-refractivity contribution in [3.63, 3.8) is 0 Å². The summed E-state index contributed by atoms with van der Waals surface area (Å²) in [4.78, 5) is 18.1. The number of carbonyl (C=O) groups excluding carboxylic acids is 1. The quantitative estimate of drug-likeness (QED) is 0.737. The highest BCUT2D eigenvalue weighted by atomic mass is 32.2. The number of aromatic nitrogens is 1. The molecule has 142 valence electrons. The molecule has 1 spiro atoms. The fraction of sp³-hybridized carbons (Fsp3) is 0.647. The highest BCUT2D eigenvalue weighted by molar-refractivity contribution is 8.01. The molecule has 1 aromatic rings. The molecule has 0 aliphatic carbocycles. The van der Waals surface area contributed by atoms with E-state index in [1.54, 1.807) is 30.1 Å². The first-order valence-corrected chi connectivity index (χ1v) is 11.3. The molecule has 9 heteroatoms. The standard InChI is InChI=1S/C17H23N3O4S2/c21-16(19-6-1-2-7-19)10-24-14-8-17(25-11-14)12-20(13-17)26(22,23)15-4-3-5-18-9-15/h3-5,9,14H,1-2,6-8,10-13H2/t14-/m0/s1. The number of pyridine rings is 1. The number of rotatable bonds is 5. The summed E-state index contributed by atoms with van der Waals surface area (Å²) in [7, 11) is -3.46. The fourth-order valence-corrected chi connectivity index (χ4v) is 7.08. The van der Waals surface area contributed by atoms with Crippen molar-refractivity contribution >= 4 is 27.7 Å². The summed E-state index contributed by atoms with van der Waals surface area (Å²) in [6, 6.07) is 3.21. The van der Waals surface area contributed by atoms with Crippen molar-refractivity contribution in [2.24, 2.45) is 0 Å². The third-order valence-corrected chi connectivity index (χ3v) is 8.63. The van der Waals surface area contributed by atoms with E-state index in [4.69, 9.17) is 4.74 Å². The van der Waals surface area contributed by atoms with E-state index in [-0.39, 0.29) is 28.3 Å². The van der Waals surface area contributed by atoms with E-state index in [0.717, 1.165) is 38.1 Å². The van der Waals surface area contributed by atoms with Gasteiger partial charge in [-0.25, -0.2) is 8.42 Å². The molecule has 3 aliphatic rings. The van der Waals surface area contributed by atoms with Crippen LogP contribution in [0.15, 0.2) is 29.4 Å². The minimum atomic E-state index is -3.46. The zero-order valence-corrected chi connectivity index (χ0v) is 16.2. The summed E-state index contributed by atoms with van der Waals surface area (Å²) in [5.74, 6) is 0.886. The molecule has 0 N–H and O–H groups in total. The molecule has 0 radical (unpaired) electrons. The fourth-order valence-electron chi connectivity index (χ4n) is 3.79. The van der Waals surface area contributed by atoms with E-state index in [1.165, 1.54) is 10.5 Å². The first-order valence-electron chi connectivity index (χ1n) is 8.92. The van der Waals surface area contributed by atoms with Crippen molar-refractivity contribution in [1.82, 2.24) is 14.2 Å². The number of carbonyl (C=O) groups is 1. The smallest absolute Gasteiger partial charge is 0.248 e. The number of thioether (sulfide) groups is 1. The average Bonchev–Trinajstić information content (AvgIpc) is 3.29. The molecule has 0 saturated carbocycles. The van der Waals surface area contributed by atoms with Crippen LogP contribution >= 0.6 is 11.8 Å². The predicted octanol–water partition coefficient (Wildman–Crippen LogP) is 0.969. The molecule has 3 aliphatic heterocycles. The van der Waals surface area contributed by atoms with Crippen molar-refractivity contribution in [3.05, 3.63) is 24.5 Å². The summed E-state index contributed by atoms with van der Waals surface area (Å²) in [5.41, 5.74) is 0. The number of ether oxygens (including phenoxy) is 1. The zero-order valence-electron chi connectivity index (χ0n) is 14.5. The number of likely N-dealkylation sites (tertiary alicyclic amines) is 1. The van der Waals surface area contributed by atoms with Crippen molar-refractivity contribution < 1.29 is 17.9 Å². The van der Waals surface area contributed by atoms with Crippen molar-refractivity contribution in [3.8, 4) is 0 Å². The maximum Gasteiger partial charge on any atom is 0.248 e. The lowest BCUT2D eigenvalue weighted by molar-refractivity contribution is -0.136. The molecule has 1 amide bonds. The van der Waals surface area contributed by atoms with E-state index >= 15 is 0 Å². The largest absolute Gasteiger partial charge is 0.367 e. The lowest BCUT2D eigenvalue weighted by Crippen LogP contribution is -2.60. The van der Waals surface area contributed by atoms with Crippen LogP contribution in [0, 0.1) is 0 Å². The Labute approximate surface area is 158 Å². The summed E-state index contributed by atoms with van der Waals surface area (Å²) < 4.78 is 32.4. The predicted molar refractivity (Wildman–Crippen MR) is 98.4 cm³/mol. The minimum Gasteiger partial charge on any atom is -0.367 e. The molecule has 0 aromatic carbocycles. The third kappa shape index (κ3) is 3.49. The van der Waals surface area contributed by atoms with E-state index < -0.39 is 10.0 Å². The molecule has 3 fully saturated rings. The second-order valence-electron chi connectivity index (χ2n) is 7.18. The Morgan fingerprint density at radius 3 is 2.81 bits per heavy atom. The van der Waals surface area contributed by atoms with E-state index in [1.807, 2.05) is 4.90 Å². The molecule has 0 unspecified atom stereocenters. The molecular formula is C17H23N3O4S2. The molecule has 26 heavy (non-hydrogen) atoms. The van der Waals surface area contributed by atoms with Gasteiger partial charge in [-0.2, -0.15) is 4.31 Å². The Kier molecular flexibility index (Phi) is 4.98. The number of hydrogen-bond acceptors (Lipinski definition) is 6. The zero-order chi connectivity index (χ0) is 18.2. The number of nitrogens with zero attached hydrogens (tertiary/aromatic N) is 3. The Morgan fingerprint density at radius 2 is 2.12 bits per heavy atom. The summed E-state index contributed by atoms with van der Waals surface area (Å²) in [6.07, 6.45) is 5.93. The van der Waals surface area contributed by atoms with Crippen molar-refractivity contribution in [2.75, 3.05) is 38.5 Å². The first-order chi connectivity index (χ1) is 12.5. The normalized spacial score (nSPS) is 25.5. The van der Waals surface area contributed by atoms with Gasteiger partial charge in [0.05, 0.1) is 6.10 Å². The van der Waals surface area contributed by atoms with Crippen molar-refractivity contribution in [2.45, 2.75) is 35.0 Å². The number of amides is 1. The maximum atomic E-state index is 12.6. The van der Waals surface area contributed by atoms with Crippen molar-refractivity contribution in [1.29, 1.82) is 0 Å². The monoisotopic (exact) mass is 397 g/mol. The van der Waals surface area contributed by atoms with Crippen LogP contribution in [0.2, 0.25) is 0 Å². The summed E-state index contributed by atoms with van der Waals surface area (Å²) >= 11 is 1.77. The van der Waals surface area contributed by atoms with E-state index in [2.05, 4.69) is 4.98 Å². The minimum absolute atomic E-state index is 0.0230. The molecular weight excluding hydrogens is 374 g/mol. The van der Waals surface area contributed by atoms with Gasteiger partial charge in [-0.1, -0.05) is 0 Å². The van der Waals surface area contributed by atoms with Gasteiger partial charge in [0.25, 0.3) is 0 Å². The molecule has 1 atom stereocenters. The molecule has 7 nitrogen and oxygen atoms in total. The van der Waals surface area contributed by atoms with E-state index in [9.17, 15) is 13.2 Å². The van der Waals surface area contributed by atoms with Crippen LogP contribution in [0.3, 0.4) is 0 Å². The molecule has 3 saturated heterocycles. The van der Waals surface area contributed by atoms with Crippen LogP contribution in [0.4, 0.5) is 0 Å². The lowest BCUT2D eigenvalue weighted by Gasteiger charge is -2.46. The van der Waals surface area contributed by atoms with Crippen LogP contribution in [0.1, 0.15) is 19.3 Å². The highest BCUT2D eigenvalue weighted by Crippen LogP contribution is 2.47. The number of sulfonamides is 1.